The SMILES string of the molecule is Nc1ccc(-c2ccc(COc3cc(F)c(F)c(F)c3)cc2)c(F)c1F. The van der Waals surface area contributed by atoms with Gasteiger partial charge in [-0.15, -0.1) is 0 Å². The van der Waals surface area contributed by atoms with Crippen LogP contribution in [0.15, 0.2) is 48.5 Å². The van der Waals surface area contributed by atoms with Crippen LogP contribution in [0.4, 0.5) is 27.6 Å². The molecule has 0 unspecified atom stereocenters. The molecule has 0 aliphatic carbocycles. The van der Waals surface area contributed by atoms with Crippen molar-refractivity contribution < 1.29 is 26.7 Å². The number of benzene rings is 3. The van der Waals surface area contributed by atoms with E-state index in [1.807, 2.05) is 0 Å². The molecule has 3 aromatic carbocycles. The second-order valence-corrected chi connectivity index (χ2v) is 5.52. The molecule has 0 aromatic heterocycles. The van der Waals surface area contributed by atoms with Crippen molar-refractivity contribution in [2.75, 3.05) is 5.73 Å². The average molecular weight is 365 g/mol. The maximum Gasteiger partial charge on any atom is 0.194 e. The lowest BCUT2D eigenvalue weighted by molar-refractivity contribution is 0.299. The van der Waals surface area contributed by atoms with Gasteiger partial charge in [-0.05, 0) is 23.3 Å². The Bertz CT molecular complexity index is 934. The van der Waals surface area contributed by atoms with E-state index in [2.05, 4.69) is 0 Å². The third-order valence-corrected chi connectivity index (χ3v) is 3.74. The number of ether oxygens (including phenoxy) is 1. The summed E-state index contributed by atoms with van der Waals surface area (Å²) < 4.78 is 71.9. The van der Waals surface area contributed by atoms with E-state index >= 15 is 0 Å². The van der Waals surface area contributed by atoms with E-state index in [1.165, 1.54) is 12.1 Å². The van der Waals surface area contributed by atoms with Crippen molar-refractivity contribution in [3.05, 3.63) is 83.2 Å². The zero-order valence-electron chi connectivity index (χ0n) is 13.2. The van der Waals surface area contributed by atoms with Gasteiger partial charge in [0.05, 0.1) is 5.69 Å². The second kappa shape index (κ2) is 7.03. The quantitative estimate of drug-likeness (QED) is 0.391. The zero-order valence-corrected chi connectivity index (χ0v) is 13.2. The summed E-state index contributed by atoms with van der Waals surface area (Å²) in [6.45, 7) is -0.0522. The van der Waals surface area contributed by atoms with Crippen molar-refractivity contribution in [3.8, 4) is 16.9 Å². The van der Waals surface area contributed by atoms with Gasteiger partial charge in [0.2, 0.25) is 0 Å². The van der Waals surface area contributed by atoms with E-state index in [0.717, 1.165) is 12.1 Å². The largest absolute Gasteiger partial charge is 0.489 e. The van der Waals surface area contributed by atoms with Crippen molar-refractivity contribution in [2.45, 2.75) is 6.61 Å². The molecule has 0 aliphatic heterocycles. The Morgan fingerprint density at radius 1 is 0.731 bits per heavy atom. The summed E-state index contributed by atoms with van der Waals surface area (Å²) in [6, 6.07) is 10.3. The van der Waals surface area contributed by atoms with Crippen molar-refractivity contribution in [1.82, 2.24) is 0 Å². The van der Waals surface area contributed by atoms with Crippen LogP contribution in [0, 0.1) is 29.1 Å². The Balaban J connectivity index is 1.75. The lowest BCUT2D eigenvalue weighted by atomic mass is 10.0. The van der Waals surface area contributed by atoms with Crippen LogP contribution in [0.25, 0.3) is 11.1 Å². The van der Waals surface area contributed by atoms with E-state index in [1.54, 1.807) is 24.3 Å². The van der Waals surface area contributed by atoms with Crippen LogP contribution in [-0.2, 0) is 6.61 Å². The monoisotopic (exact) mass is 365 g/mol. The van der Waals surface area contributed by atoms with Gasteiger partial charge in [-0.25, -0.2) is 22.0 Å². The first-order valence-corrected chi connectivity index (χ1v) is 7.47. The highest BCUT2D eigenvalue weighted by Gasteiger charge is 2.14. The number of nitrogen functional groups attached to an aromatic ring is 1. The smallest absolute Gasteiger partial charge is 0.194 e. The fraction of sp³-hybridized carbons (Fsp3) is 0.0526. The molecule has 0 spiro atoms. The Morgan fingerprint density at radius 2 is 1.35 bits per heavy atom. The van der Waals surface area contributed by atoms with E-state index in [-0.39, 0.29) is 23.6 Å². The molecule has 0 heterocycles. The first kappa shape index (κ1) is 17.7. The summed E-state index contributed by atoms with van der Waals surface area (Å²) in [5.41, 5.74) is 6.10. The molecular formula is C19H12F5NO. The van der Waals surface area contributed by atoms with Gasteiger partial charge in [0.15, 0.2) is 29.1 Å². The van der Waals surface area contributed by atoms with Crippen LogP contribution in [0.2, 0.25) is 0 Å². The fourth-order valence-corrected chi connectivity index (χ4v) is 2.35. The highest BCUT2D eigenvalue weighted by Crippen LogP contribution is 2.28. The number of nitrogens with two attached hydrogens (primary N) is 1. The molecule has 0 saturated carbocycles. The van der Waals surface area contributed by atoms with Crippen LogP contribution in [-0.4, -0.2) is 0 Å². The molecule has 0 radical (unpaired) electrons. The van der Waals surface area contributed by atoms with Crippen LogP contribution in [0.5, 0.6) is 5.75 Å². The molecule has 0 amide bonds. The minimum absolute atomic E-state index is 0.0480. The molecule has 0 atom stereocenters. The van der Waals surface area contributed by atoms with E-state index in [9.17, 15) is 22.0 Å². The van der Waals surface area contributed by atoms with Gasteiger partial charge in [0.25, 0.3) is 0 Å². The lowest BCUT2D eigenvalue weighted by Gasteiger charge is -2.09. The summed E-state index contributed by atoms with van der Waals surface area (Å²) in [5, 5.41) is 0. The van der Waals surface area contributed by atoms with Gasteiger partial charge in [-0.2, -0.15) is 0 Å². The van der Waals surface area contributed by atoms with Gasteiger partial charge >= 0.3 is 0 Å². The molecule has 0 saturated heterocycles. The average Bonchev–Trinajstić information content (AvgIpc) is 2.63. The molecule has 2 N–H and O–H groups in total. The predicted molar refractivity (Wildman–Crippen MR) is 86.9 cm³/mol. The molecule has 26 heavy (non-hydrogen) atoms. The molecular weight excluding hydrogens is 353 g/mol. The second-order valence-electron chi connectivity index (χ2n) is 5.52. The highest BCUT2D eigenvalue weighted by atomic mass is 19.2. The minimum atomic E-state index is -1.57. The Labute approximate surface area is 145 Å². The third kappa shape index (κ3) is 3.46. The van der Waals surface area contributed by atoms with Crippen LogP contribution in [0.1, 0.15) is 5.56 Å². The van der Waals surface area contributed by atoms with E-state index < -0.39 is 29.1 Å². The topological polar surface area (TPSA) is 35.2 Å². The maximum absolute atomic E-state index is 13.9. The predicted octanol–water partition coefficient (Wildman–Crippen LogP) is 5.21. The van der Waals surface area contributed by atoms with Gasteiger partial charge in [0, 0.05) is 17.7 Å². The van der Waals surface area contributed by atoms with Gasteiger partial charge in [-0.3, -0.25) is 0 Å². The first-order valence-electron chi connectivity index (χ1n) is 7.47. The molecule has 134 valence electrons. The maximum atomic E-state index is 13.9. The van der Waals surface area contributed by atoms with Crippen molar-refractivity contribution in [2.24, 2.45) is 0 Å². The third-order valence-electron chi connectivity index (χ3n) is 3.74. The van der Waals surface area contributed by atoms with Crippen LogP contribution in [0.3, 0.4) is 0 Å². The van der Waals surface area contributed by atoms with Crippen LogP contribution >= 0.6 is 0 Å². The molecule has 0 aliphatic rings. The normalized spacial score (nSPS) is 10.8. The van der Waals surface area contributed by atoms with Gasteiger partial charge in [-0.1, -0.05) is 24.3 Å². The Hall–Kier alpha value is -3.09. The molecule has 3 aromatic rings. The van der Waals surface area contributed by atoms with Crippen molar-refractivity contribution in [1.29, 1.82) is 0 Å². The van der Waals surface area contributed by atoms with Crippen LogP contribution < -0.4 is 10.5 Å². The number of halogens is 5. The standard InChI is InChI=1S/C19H12F5NO/c20-14-7-12(8-15(21)18(14)23)26-9-10-1-3-11(4-2-10)13-5-6-16(25)19(24)17(13)22/h1-8H,9,25H2. The molecule has 3 rings (SSSR count). The summed E-state index contributed by atoms with van der Waals surface area (Å²) >= 11 is 0. The number of hydrogen-bond acceptors (Lipinski definition) is 2. The van der Waals surface area contributed by atoms with E-state index in [4.69, 9.17) is 10.5 Å². The number of rotatable bonds is 4. The van der Waals surface area contributed by atoms with Gasteiger partial charge in [0.1, 0.15) is 12.4 Å². The molecule has 2 nitrogen and oxygen atoms in total. The number of anilines is 1. The summed E-state index contributed by atoms with van der Waals surface area (Å²) in [6.07, 6.45) is 0. The minimum Gasteiger partial charge on any atom is -0.489 e. The molecule has 0 fully saturated rings. The fourth-order valence-electron chi connectivity index (χ4n) is 2.35. The first-order chi connectivity index (χ1) is 12.4. The molecule has 0 bridgehead atoms. The van der Waals surface area contributed by atoms with Gasteiger partial charge < -0.3 is 10.5 Å². The Kier molecular flexibility index (Phi) is 4.79. The zero-order chi connectivity index (χ0) is 18.8. The van der Waals surface area contributed by atoms with Crippen molar-refractivity contribution in [3.63, 3.8) is 0 Å². The Morgan fingerprint density at radius 3 is 1.96 bits per heavy atom. The number of hydrogen-bond donors (Lipinski definition) is 1. The highest BCUT2D eigenvalue weighted by molar-refractivity contribution is 5.67. The summed E-state index contributed by atoms with van der Waals surface area (Å²) in [5.74, 6) is -6.61. The molecule has 7 heteroatoms. The van der Waals surface area contributed by atoms with E-state index in [0.29, 0.717) is 11.1 Å². The lowest BCUT2D eigenvalue weighted by Crippen LogP contribution is -1.99. The summed E-state index contributed by atoms with van der Waals surface area (Å²) in [4.78, 5) is 0. The van der Waals surface area contributed by atoms with Crippen molar-refractivity contribution >= 4 is 5.69 Å². The summed E-state index contributed by atoms with van der Waals surface area (Å²) in [7, 11) is 0.